The molecule has 0 N–H and O–H groups in total. The Morgan fingerprint density at radius 3 is 1.53 bits per heavy atom. The smallest absolute Gasteiger partial charge is 0.219 e. The van der Waals surface area contributed by atoms with Gasteiger partial charge in [0, 0.05) is 40.0 Å². The quantitative estimate of drug-likeness (QED) is 0.734. The monoisotopic (exact) mass is 240 g/mol. The molecule has 0 aromatic carbocycles. The van der Waals surface area contributed by atoms with Crippen molar-refractivity contribution in [3.63, 3.8) is 0 Å². The normalized spacial score (nSPS) is 28.6. The number of amides is 2. The van der Waals surface area contributed by atoms with Crippen molar-refractivity contribution in [1.29, 1.82) is 0 Å². The molecule has 1 aliphatic carbocycles. The van der Waals surface area contributed by atoms with E-state index in [4.69, 9.17) is 0 Å². The second-order valence-electron chi connectivity index (χ2n) is 5.38. The Morgan fingerprint density at radius 2 is 1.24 bits per heavy atom. The third-order valence-corrected chi connectivity index (χ3v) is 3.98. The van der Waals surface area contributed by atoms with Crippen LogP contribution in [0.3, 0.4) is 0 Å². The van der Waals surface area contributed by atoms with Crippen molar-refractivity contribution in [3.05, 3.63) is 0 Å². The van der Waals surface area contributed by atoms with Gasteiger partial charge in [0.15, 0.2) is 0 Å². The first kappa shape index (κ1) is 14.0. The first-order valence-corrected chi connectivity index (χ1v) is 6.29. The van der Waals surface area contributed by atoms with E-state index in [9.17, 15) is 9.59 Å². The molecule has 0 aromatic heterocycles. The predicted molar refractivity (Wildman–Crippen MR) is 67.5 cm³/mol. The minimum atomic E-state index is 0.105. The maximum absolute atomic E-state index is 11.4. The molecule has 0 bridgehead atoms. The Balaban J connectivity index is 2.71. The Kier molecular flexibility index (Phi) is 4.54. The number of carbonyl (C=O) groups is 2. The van der Waals surface area contributed by atoms with Crippen LogP contribution in [-0.4, -0.2) is 47.8 Å². The van der Waals surface area contributed by atoms with Crippen molar-refractivity contribution in [1.82, 2.24) is 9.80 Å². The van der Waals surface area contributed by atoms with Crippen LogP contribution in [0.25, 0.3) is 0 Å². The fraction of sp³-hybridized carbons (Fsp3) is 0.846. The van der Waals surface area contributed by atoms with E-state index in [2.05, 4.69) is 6.92 Å². The van der Waals surface area contributed by atoms with E-state index in [1.165, 1.54) is 0 Å². The van der Waals surface area contributed by atoms with Crippen LogP contribution < -0.4 is 0 Å². The Morgan fingerprint density at radius 1 is 0.882 bits per heavy atom. The standard InChI is InChI=1S/C13H24N2O2/c1-9-6-12(14(4)10(2)16)8-13(7-9)15(5)11(3)17/h9,12-13H,6-8H2,1-5H3. The minimum Gasteiger partial charge on any atom is -0.343 e. The molecule has 17 heavy (non-hydrogen) atoms. The molecule has 98 valence electrons. The molecule has 1 saturated carbocycles. The van der Waals surface area contributed by atoms with Gasteiger partial charge in [-0.3, -0.25) is 9.59 Å². The SMILES string of the molecule is CC(=O)N(C)C1CC(C)CC(N(C)C(C)=O)C1. The van der Waals surface area contributed by atoms with Crippen LogP contribution in [-0.2, 0) is 9.59 Å². The van der Waals surface area contributed by atoms with Gasteiger partial charge in [0.2, 0.25) is 11.8 Å². The van der Waals surface area contributed by atoms with Crippen molar-refractivity contribution in [2.45, 2.75) is 52.1 Å². The van der Waals surface area contributed by atoms with Crippen LogP contribution >= 0.6 is 0 Å². The van der Waals surface area contributed by atoms with E-state index in [1.54, 1.807) is 13.8 Å². The topological polar surface area (TPSA) is 40.6 Å². The van der Waals surface area contributed by atoms with Gasteiger partial charge < -0.3 is 9.80 Å². The van der Waals surface area contributed by atoms with E-state index in [0.717, 1.165) is 19.3 Å². The molecule has 2 atom stereocenters. The molecule has 1 rings (SSSR count). The van der Waals surface area contributed by atoms with E-state index in [1.807, 2.05) is 23.9 Å². The first-order chi connectivity index (χ1) is 7.82. The van der Waals surface area contributed by atoms with Gasteiger partial charge in [-0.25, -0.2) is 0 Å². The van der Waals surface area contributed by atoms with Crippen LogP contribution in [0.5, 0.6) is 0 Å². The molecule has 0 aromatic rings. The van der Waals surface area contributed by atoms with E-state index in [-0.39, 0.29) is 23.9 Å². The van der Waals surface area contributed by atoms with Gasteiger partial charge in [0.25, 0.3) is 0 Å². The first-order valence-electron chi connectivity index (χ1n) is 6.29. The van der Waals surface area contributed by atoms with Crippen molar-refractivity contribution in [3.8, 4) is 0 Å². The fourth-order valence-electron chi connectivity index (χ4n) is 2.68. The van der Waals surface area contributed by atoms with E-state index < -0.39 is 0 Å². The largest absolute Gasteiger partial charge is 0.343 e. The van der Waals surface area contributed by atoms with Gasteiger partial charge in [-0.05, 0) is 25.2 Å². The summed E-state index contributed by atoms with van der Waals surface area (Å²) in [6.45, 7) is 5.40. The molecule has 1 fully saturated rings. The van der Waals surface area contributed by atoms with Crippen molar-refractivity contribution in [2.24, 2.45) is 5.92 Å². The third-order valence-electron chi connectivity index (χ3n) is 3.98. The molecular formula is C13H24N2O2. The van der Waals surface area contributed by atoms with Crippen molar-refractivity contribution < 1.29 is 9.59 Å². The summed E-state index contributed by atoms with van der Waals surface area (Å²) in [5, 5.41) is 0. The maximum atomic E-state index is 11.4. The zero-order valence-corrected chi connectivity index (χ0v) is 11.6. The molecule has 4 heteroatoms. The third kappa shape index (κ3) is 3.45. The highest BCUT2D eigenvalue weighted by atomic mass is 16.2. The fourth-order valence-corrected chi connectivity index (χ4v) is 2.68. The summed E-state index contributed by atoms with van der Waals surface area (Å²) in [5.74, 6) is 0.768. The average Bonchev–Trinajstić information content (AvgIpc) is 2.25. The number of nitrogens with zero attached hydrogens (tertiary/aromatic N) is 2. The summed E-state index contributed by atoms with van der Waals surface area (Å²) in [5.41, 5.74) is 0. The number of carbonyl (C=O) groups excluding carboxylic acids is 2. The molecule has 2 unspecified atom stereocenters. The Hall–Kier alpha value is -1.06. The second-order valence-corrected chi connectivity index (χ2v) is 5.38. The van der Waals surface area contributed by atoms with E-state index in [0.29, 0.717) is 5.92 Å². The highest BCUT2D eigenvalue weighted by Crippen LogP contribution is 2.29. The van der Waals surface area contributed by atoms with Gasteiger partial charge in [-0.2, -0.15) is 0 Å². The summed E-state index contributed by atoms with van der Waals surface area (Å²) in [6.07, 6.45) is 2.98. The van der Waals surface area contributed by atoms with Gasteiger partial charge in [-0.15, -0.1) is 0 Å². The Labute approximate surface area is 104 Å². The average molecular weight is 240 g/mol. The highest BCUT2D eigenvalue weighted by molar-refractivity contribution is 5.74. The molecule has 0 spiro atoms. The number of rotatable bonds is 2. The lowest BCUT2D eigenvalue weighted by Crippen LogP contribution is -2.48. The van der Waals surface area contributed by atoms with Gasteiger partial charge in [-0.1, -0.05) is 6.92 Å². The lowest BCUT2D eigenvalue weighted by Gasteiger charge is -2.41. The molecule has 0 saturated heterocycles. The zero-order valence-electron chi connectivity index (χ0n) is 11.6. The zero-order chi connectivity index (χ0) is 13.2. The van der Waals surface area contributed by atoms with Crippen LogP contribution in [0.1, 0.15) is 40.0 Å². The lowest BCUT2D eigenvalue weighted by molar-refractivity contribution is -0.133. The van der Waals surface area contributed by atoms with Gasteiger partial charge in [0.05, 0.1) is 0 Å². The summed E-state index contributed by atoms with van der Waals surface area (Å²) < 4.78 is 0. The van der Waals surface area contributed by atoms with Crippen molar-refractivity contribution >= 4 is 11.8 Å². The van der Waals surface area contributed by atoms with Crippen molar-refractivity contribution in [2.75, 3.05) is 14.1 Å². The second kappa shape index (κ2) is 5.52. The lowest BCUT2D eigenvalue weighted by atomic mass is 9.82. The summed E-state index contributed by atoms with van der Waals surface area (Å²) >= 11 is 0. The molecule has 0 heterocycles. The molecule has 2 amide bonds. The van der Waals surface area contributed by atoms with Gasteiger partial charge >= 0.3 is 0 Å². The maximum Gasteiger partial charge on any atom is 0.219 e. The van der Waals surface area contributed by atoms with Crippen LogP contribution in [0.15, 0.2) is 0 Å². The molecule has 0 aliphatic heterocycles. The molecule has 0 radical (unpaired) electrons. The molecule has 1 aliphatic rings. The minimum absolute atomic E-state index is 0.105. The van der Waals surface area contributed by atoms with Crippen LogP contribution in [0, 0.1) is 5.92 Å². The van der Waals surface area contributed by atoms with Gasteiger partial charge in [0.1, 0.15) is 0 Å². The number of hydrogen-bond donors (Lipinski definition) is 0. The summed E-state index contributed by atoms with van der Waals surface area (Å²) in [6, 6.07) is 0.533. The molecular weight excluding hydrogens is 216 g/mol. The number of hydrogen-bond acceptors (Lipinski definition) is 2. The Bertz CT molecular complexity index is 276. The summed E-state index contributed by atoms with van der Waals surface area (Å²) in [4.78, 5) is 26.4. The summed E-state index contributed by atoms with van der Waals surface area (Å²) in [7, 11) is 3.71. The van der Waals surface area contributed by atoms with Crippen LogP contribution in [0.2, 0.25) is 0 Å². The highest BCUT2D eigenvalue weighted by Gasteiger charge is 2.32. The predicted octanol–water partition coefficient (Wildman–Crippen LogP) is 1.50. The van der Waals surface area contributed by atoms with E-state index >= 15 is 0 Å². The van der Waals surface area contributed by atoms with Crippen LogP contribution in [0.4, 0.5) is 0 Å². The molecule has 4 nitrogen and oxygen atoms in total.